The van der Waals surface area contributed by atoms with E-state index in [0.717, 1.165) is 27.1 Å². The first kappa shape index (κ1) is 15.0. The maximum Gasteiger partial charge on any atom is 0.272 e. The molecule has 3 aromatic carbocycles. The summed E-state index contributed by atoms with van der Waals surface area (Å²) in [6, 6.07) is 21.9. The van der Waals surface area contributed by atoms with Gasteiger partial charge in [0.05, 0.1) is 11.8 Å². The number of hydrogen-bond donors (Lipinski definition) is 1. The number of aromatic nitrogens is 1. The van der Waals surface area contributed by atoms with Crippen LogP contribution in [0, 0.1) is 0 Å². The Kier molecular flexibility index (Phi) is 3.92. The number of benzene rings is 3. The Morgan fingerprint density at radius 3 is 2.24 bits per heavy atom. The molecule has 25 heavy (non-hydrogen) atoms. The third-order valence-corrected chi connectivity index (χ3v) is 4.10. The summed E-state index contributed by atoms with van der Waals surface area (Å²) in [6.07, 6.45) is 4.85. The van der Waals surface area contributed by atoms with Crippen molar-refractivity contribution in [2.75, 3.05) is 0 Å². The van der Waals surface area contributed by atoms with Crippen molar-refractivity contribution in [3.8, 4) is 0 Å². The first-order valence-corrected chi connectivity index (χ1v) is 7.97. The molecule has 0 saturated carbocycles. The molecule has 0 aliphatic heterocycles. The quantitative estimate of drug-likeness (QED) is 0.349. The maximum atomic E-state index is 12.1. The highest BCUT2D eigenvalue weighted by molar-refractivity contribution is 6.13. The van der Waals surface area contributed by atoms with E-state index < -0.39 is 0 Å². The molecule has 1 amide bonds. The van der Waals surface area contributed by atoms with Crippen molar-refractivity contribution in [3.63, 3.8) is 0 Å². The fourth-order valence-corrected chi connectivity index (χ4v) is 2.91. The van der Waals surface area contributed by atoms with Crippen LogP contribution in [0.1, 0.15) is 15.9 Å². The van der Waals surface area contributed by atoms with E-state index >= 15 is 0 Å². The molecule has 0 saturated heterocycles. The Labute approximate surface area is 144 Å². The second kappa shape index (κ2) is 6.53. The zero-order valence-electron chi connectivity index (χ0n) is 13.4. The van der Waals surface area contributed by atoms with Gasteiger partial charge in [0.2, 0.25) is 0 Å². The van der Waals surface area contributed by atoms with E-state index in [1.807, 2.05) is 24.3 Å². The normalized spacial score (nSPS) is 11.2. The van der Waals surface area contributed by atoms with Crippen LogP contribution in [-0.2, 0) is 0 Å². The van der Waals surface area contributed by atoms with E-state index in [2.05, 4.69) is 45.8 Å². The molecule has 0 atom stereocenters. The lowest BCUT2D eigenvalue weighted by molar-refractivity contribution is 0.0955. The summed E-state index contributed by atoms with van der Waals surface area (Å²) in [4.78, 5) is 16.0. The van der Waals surface area contributed by atoms with Crippen molar-refractivity contribution < 1.29 is 4.79 Å². The number of carbonyl (C=O) groups is 1. The number of carbonyl (C=O) groups excluding carboxylic acids is 1. The summed E-state index contributed by atoms with van der Waals surface area (Å²) >= 11 is 0. The zero-order chi connectivity index (χ0) is 17.1. The molecule has 0 aliphatic rings. The summed E-state index contributed by atoms with van der Waals surface area (Å²) in [5.74, 6) is -0.283. The lowest BCUT2D eigenvalue weighted by Gasteiger charge is -2.08. The van der Waals surface area contributed by atoms with Crippen molar-refractivity contribution in [1.82, 2.24) is 10.4 Å². The lowest BCUT2D eigenvalue weighted by Crippen LogP contribution is -2.17. The summed E-state index contributed by atoms with van der Waals surface area (Å²) < 4.78 is 0. The predicted octanol–water partition coefficient (Wildman–Crippen LogP) is 4.15. The van der Waals surface area contributed by atoms with Crippen LogP contribution in [0.3, 0.4) is 0 Å². The summed E-state index contributed by atoms with van der Waals surface area (Å²) in [6.45, 7) is 0. The van der Waals surface area contributed by atoms with Gasteiger partial charge in [0.25, 0.3) is 5.91 Å². The molecule has 1 aromatic heterocycles. The number of hydrazone groups is 1. The number of amides is 1. The Morgan fingerprint density at radius 2 is 1.60 bits per heavy atom. The van der Waals surface area contributed by atoms with Crippen LogP contribution in [0.4, 0.5) is 0 Å². The number of nitrogens with zero attached hydrogens (tertiary/aromatic N) is 2. The number of pyridine rings is 1. The van der Waals surface area contributed by atoms with Gasteiger partial charge in [0.15, 0.2) is 0 Å². The van der Waals surface area contributed by atoms with Crippen LogP contribution in [-0.4, -0.2) is 17.1 Å². The van der Waals surface area contributed by atoms with Gasteiger partial charge in [-0.15, -0.1) is 0 Å². The number of rotatable bonds is 3. The zero-order valence-corrected chi connectivity index (χ0v) is 13.4. The number of nitrogens with one attached hydrogen (secondary N) is 1. The number of hydrogen-bond acceptors (Lipinski definition) is 3. The van der Waals surface area contributed by atoms with Crippen LogP contribution in [0.15, 0.2) is 84.2 Å². The fraction of sp³-hybridized carbons (Fsp3) is 0. The van der Waals surface area contributed by atoms with Crippen molar-refractivity contribution in [2.45, 2.75) is 0 Å². The third-order valence-electron chi connectivity index (χ3n) is 4.10. The van der Waals surface area contributed by atoms with Crippen molar-refractivity contribution in [2.24, 2.45) is 5.10 Å². The molecule has 4 nitrogen and oxygen atoms in total. The molecule has 4 rings (SSSR count). The number of fused-ring (bicyclic) bond motifs is 2. The van der Waals surface area contributed by atoms with Crippen LogP contribution >= 0.6 is 0 Å². The molecule has 1 heterocycles. The first-order chi connectivity index (χ1) is 12.3. The van der Waals surface area contributed by atoms with Crippen molar-refractivity contribution in [1.29, 1.82) is 0 Å². The van der Waals surface area contributed by atoms with E-state index in [1.54, 1.807) is 24.5 Å². The molecule has 0 bridgehead atoms. The van der Waals surface area contributed by atoms with Crippen LogP contribution in [0.25, 0.3) is 21.5 Å². The minimum atomic E-state index is -0.283. The monoisotopic (exact) mass is 325 g/mol. The molecular formula is C21H15N3O. The summed E-state index contributed by atoms with van der Waals surface area (Å²) in [5, 5.41) is 8.64. The van der Waals surface area contributed by atoms with Crippen molar-refractivity contribution >= 4 is 33.7 Å². The van der Waals surface area contributed by atoms with Gasteiger partial charge >= 0.3 is 0 Å². The highest BCUT2D eigenvalue weighted by Gasteiger charge is 2.06. The lowest BCUT2D eigenvalue weighted by atomic mass is 9.97. The minimum Gasteiger partial charge on any atom is -0.267 e. The topological polar surface area (TPSA) is 54.4 Å². The summed E-state index contributed by atoms with van der Waals surface area (Å²) in [7, 11) is 0. The molecule has 4 heteroatoms. The maximum absolute atomic E-state index is 12.1. The third kappa shape index (κ3) is 2.97. The Bertz CT molecular complexity index is 1030. The molecular weight excluding hydrogens is 310 g/mol. The van der Waals surface area contributed by atoms with Gasteiger partial charge in [-0.25, -0.2) is 5.43 Å². The van der Waals surface area contributed by atoms with Gasteiger partial charge in [-0.3, -0.25) is 9.78 Å². The Morgan fingerprint density at radius 1 is 0.920 bits per heavy atom. The minimum absolute atomic E-state index is 0.283. The van der Waals surface area contributed by atoms with E-state index in [9.17, 15) is 4.79 Å². The summed E-state index contributed by atoms with van der Waals surface area (Å²) in [5.41, 5.74) is 4.03. The van der Waals surface area contributed by atoms with E-state index in [4.69, 9.17) is 0 Å². The van der Waals surface area contributed by atoms with Gasteiger partial charge in [-0.1, -0.05) is 48.5 Å². The SMILES string of the molecule is O=C(NN=Cc1c2ccccc2cc2ccccc12)c1cccnc1. The van der Waals surface area contributed by atoms with Gasteiger partial charge in [-0.05, 0) is 39.7 Å². The van der Waals surface area contributed by atoms with Gasteiger partial charge in [-0.2, -0.15) is 5.10 Å². The molecule has 1 N–H and O–H groups in total. The average Bonchev–Trinajstić information content (AvgIpc) is 2.68. The Balaban J connectivity index is 1.73. The molecule has 0 radical (unpaired) electrons. The van der Waals surface area contributed by atoms with Crippen LogP contribution in [0.5, 0.6) is 0 Å². The largest absolute Gasteiger partial charge is 0.272 e. The second-order valence-electron chi connectivity index (χ2n) is 5.67. The fourth-order valence-electron chi connectivity index (χ4n) is 2.91. The van der Waals surface area contributed by atoms with Crippen molar-refractivity contribution in [3.05, 3.63) is 90.3 Å². The molecule has 0 fully saturated rings. The second-order valence-corrected chi connectivity index (χ2v) is 5.67. The van der Waals surface area contributed by atoms with Gasteiger partial charge in [0, 0.05) is 18.0 Å². The Hall–Kier alpha value is -3.53. The molecule has 0 spiro atoms. The predicted molar refractivity (Wildman–Crippen MR) is 101 cm³/mol. The van der Waals surface area contributed by atoms with Gasteiger partial charge < -0.3 is 0 Å². The molecule has 4 aromatic rings. The van der Waals surface area contributed by atoms with E-state index in [-0.39, 0.29) is 5.91 Å². The van der Waals surface area contributed by atoms with E-state index in [1.165, 1.54) is 6.20 Å². The average molecular weight is 325 g/mol. The van der Waals surface area contributed by atoms with E-state index in [0.29, 0.717) is 5.56 Å². The highest BCUT2D eigenvalue weighted by Crippen LogP contribution is 2.27. The standard InChI is InChI=1S/C21H15N3O/c25-21(17-8-5-11-22-13-17)24-23-14-20-18-9-3-1-6-15(18)12-16-7-2-4-10-19(16)20/h1-14H,(H,24,25). The van der Waals surface area contributed by atoms with Gasteiger partial charge in [0.1, 0.15) is 0 Å². The smallest absolute Gasteiger partial charge is 0.267 e. The molecule has 0 aliphatic carbocycles. The van der Waals surface area contributed by atoms with Crippen LogP contribution < -0.4 is 5.43 Å². The van der Waals surface area contributed by atoms with Crippen LogP contribution in [0.2, 0.25) is 0 Å². The highest BCUT2D eigenvalue weighted by atomic mass is 16.2. The first-order valence-electron chi connectivity index (χ1n) is 7.97. The molecule has 0 unspecified atom stereocenters. The molecule has 120 valence electrons.